The molecule has 0 saturated carbocycles. The van der Waals surface area contributed by atoms with Gasteiger partial charge in [0.15, 0.2) is 9.92 Å². The Morgan fingerprint density at radius 2 is 2.19 bits per heavy atom. The maximum absolute atomic E-state index is 13.4. The highest BCUT2D eigenvalue weighted by Gasteiger charge is 2.38. The minimum absolute atomic E-state index is 0.0668. The smallest absolute Gasteiger partial charge is 0.433 e. The highest BCUT2D eigenvalue weighted by atomic mass is 32.2. The van der Waals surface area contributed by atoms with Crippen molar-refractivity contribution in [2.75, 3.05) is 25.6 Å². The Labute approximate surface area is 182 Å². The van der Waals surface area contributed by atoms with E-state index in [4.69, 9.17) is 20.0 Å². The topological polar surface area (TPSA) is 152 Å². The van der Waals surface area contributed by atoms with Crippen molar-refractivity contribution in [2.45, 2.75) is 38.5 Å². The predicted octanol–water partition coefficient (Wildman–Crippen LogP) is 2.22. The molecule has 2 heterocycles. The number of aryl methyl sites for hydroxylation is 1. The summed E-state index contributed by atoms with van der Waals surface area (Å²) in [6.07, 6.45) is -2.97. The second kappa shape index (κ2) is 9.03. The van der Waals surface area contributed by atoms with Crippen molar-refractivity contribution in [1.29, 1.82) is 5.41 Å². The molecule has 10 nitrogen and oxygen atoms in total. The molecule has 0 bridgehead atoms. The van der Waals surface area contributed by atoms with Gasteiger partial charge in [-0.25, -0.2) is 19.1 Å². The van der Waals surface area contributed by atoms with Crippen molar-refractivity contribution in [3.63, 3.8) is 0 Å². The number of fused-ring (bicyclic) bond motifs is 1. The molecule has 2 amide bonds. The molecular weight excluding hydrogens is 453 g/mol. The van der Waals surface area contributed by atoms with Crippen molar-refractivity contribution >= 4 is 27.8 Å². The molecule has 1 aliphatic heterocycles. The molecule has 0 aromatic carbocycles. The SMILES string of the molecule is CO[C@@H]1CN/C(=C(\C=N)S(N)(=O)=NC(=O)Nc2c(C)c(C(F)(F)F)nc3c2CCC3)OC1. The van der Waals surface area contributed by atoms with Crippen LogP contribution in [0.3, 0.4) is 0 Å². The Hall–Kier alpha value is -2.71. The average Bonchev–Trinajstić information content (AvgIpc) is 3.18. The molecule has 3 rings (SSSR count). The van der Waals surface area contributed by atoms with Crippen LogP contribution in [0.5, 0.6) is 0 Å². The molecule has 176 valence electrons. The number of hydrogen-bond donors (Lipinski definition) is 4. The molecular formula is C18H23F3N6O4S. The van der Waals surface area contributed by atoms with Crippen LogP contribution in [-0.4, -0.2) is 47.8 Å². The van der Waals surface area contributed by atoms with Crippen LogP contribution in [0.2, 0.25) is 0 Å². The van der Waals surface area contributed by atoms with Crippen LogP contribution in [0.1, 0.15) is 28.9 Å². The first-order valence-electron chi connectivity index (χ1n) is 9.57. The number of alkyl halides is 3. The number of nitrogens with one attached hydrogen (secondary N) is 3. The van der Waals surface area contributed by atoms with Crippen molar-refractivity contribution in [3.05, 3.63) is 33.3 Å². The van der Waals surface area contributed by atoms with Gasteiger partial charge in [0.2, 0.25) is 5.88 Å². The molecule has 32 heavy (non-hydrogen) atoms. The van der Waals surface area contributed by atoms with Gasteiger partial charge in [0, 0.05) is 31.1 Å². The van der Waals surface area contributed by atoms with Crippen LogP contribution in [0.15, 0.2) is 15.2 Å². The summed E-state index contributed by atoms with van der Waals surface area (Å²) in [5.41, 5.74) is -0.698. The number of anilines is 1. The molecule has 5 N–H and O–H groups in total. The lowest BCUT2D eigenvalue weighted by molar-refractivity contribution is -0.141. The lowest BCUT2D eigenvalue weighted by Gasteiger charge is -2.26. The summed E-state index contributed by atoms with van der Waals surface area (Å²) >= 11 is 0. The zero-order valence-corrected chi connectivity index (χ0v) is 18.2. The number of urea groups is 1. The fraction of sp³-hybridized carbons (Fsp3) is 0.500. The van der Waals surface area contributed by atoms with E-state index in [2.05, 4.69) is 20.0 Å². The van der Waals surface area contributed by atoms with Gasteiger partial charge < -0.3 is 25.5 Å². The molecule has 1 saturated heterocycles. The third-order valence-electron chi connectivity index (χ3n) is 5.09. The summed E-state index contributed by atoms with van der Waals surface area (Å²) in [6, 6.07) is -1.21. The number of nitrogens with two attached hydrogens (primary N) is 1. The Balaban J connectivity index is 1.95. The molecule has 1 aromatic rings. The van der Waals surface area contributed by atoms with Crippen molar-refractivity contribution in [1.82, 2.24) is 10.3 Å². The largest absolute Gasteiger partial charge is 0.475 e. The quantitative estimate of drug-likeness (QED) is 0.489. The molecule has 1 fully saturated rings. The van der Waals surface area contributed by atoms with Crippen LogP contribution in [0.25, 0.3) is 0 Å². The zero-order chi connectivity index (χ0) is 23.7. The Bertz CT molecular complexity index is 1090. The number of halogens is 3. The van der Waals surface area contributed by atoms with Gasteiger partial charge >= 0.3 is 12.2 Å². The van der Waals surface area contributed by atoms with Crippen molar-refractivity contribution in [3.8, 4) is 0 Å². The fourth-order valence-corrected chi connectivity index (χ4v) is 4.47. The second-order valence-corrected chi connectivity index (χ2v) is 8.97. The Kier molecular flexibility index (Phi) is 6.76. The number of hydrogen-bond acceptors (Lipinski definition) is 7. The van der Waals surface area contributed by atoms with Crippen LogP contribution in [0, 0.1) is 12.3 Å². The Morgan fingerprint density at radius 3 is 2.75 bits per heavy atom. The summed E-state index contributed by atoms with van der Waals surface area (Å²) in [7, 11) is -2.47. The second-order valence-electron chi connectivity index (χ2n) is 7.21. The van der Waals surface area contributed by atoms with E-state index < -0.39 is 27.8 Å². The molecule has 0 radical (unpaired) electrons. The van der Waals surface area contributed by atoms with Gasteiger partial charge in [-0.3, -0.25) is 0 Å². The summed E-state index contributed by atoms with van der Waals surface area (Å²) in [5.74, 6) is -0.0855. The number of methoxy groups -OCH3 is 1. The predicted molar refractivity (Wildman–Crippen MR) is 110 cm³/mol. The fourth-order valence-electron chi connectivity index (χ4n) is 3.52. The molecule has 14 heteroatoms. The van der Waals surface area contributed by atoms with E-state index >= 15 is 0 Å². The van der Waals surface area contributed by atoms with E-state index in [-0.39, 0.29) is 47.0 Å². The summed E-state index contributed by atoms with van der Waals surface area (Å²) in [5, 5.41) is 18.3. The van der Waals surface area contributed by atoms with Crippen LogP contribution in [0.4, 0.5) is 23.7 Å². The molecule has 2 aliphatic rings. The normalized spacial score (nSPS) is 21.5. The number of nitrogens with zero attached hydrogens (tertiary/aromatic N) is 2. The lowest BCUT2D eigenvalue weighted by Crippen LogP contribution is -2.40. The van der Waals surface area contributed by atoms with Crippen LogP contribution < -0.4 is 15.8 Å². The summed E-state index contributed by atoms with van der Waals surface area (Å²) in [6.45, 7) is 1.58. The first kappa shape index (κ1) is 23.9. The van der Waals surface area contributed by atoms with Crippen molar-refractivity contribution in [2.24, 2.45) is 9.50 Å². The van der Waals surface area contributed by atoms with Crippen LogP contribution >= 0.6 is 0 Å². The van der Waals surface area contributed by atoms with E-state index in [1.165, 1.54) is 14.0 Å². The number of rotatable bonds is 4. The first-order chi connectivity index (χ1) is 15.0. The van der Waals surface area contributed by atoms with E-state index in [9.17, 15) is 22.2 Å². The number of carbonyl (C=O) groups is 1. The zero-order valence-electron chi connectivity index (χ0n) is 17.3. The molecule has 1 unspecified atom stereocenters. The third-order valence-corrected chi connectivity index (χ3v) is 6.46. The van der Waals surface area contributed by atoms with Gasteiger partial charge in [-0.15, -0.1) is 4.36 Å². The summed E-state index contributed by atoms with van der Waals surface area (Å²) < 4.78 is 67.0. The standard InChI is InChI=1S/C18H23F3N6O4S/c1-9-14(11-4-3-5-12(11)25-15(9)18(19,20)21)26-17(28)27-32(23,29)13(6-22)16-24-7-10(30-2)8-31-16/h6,10,22,24H,3-5,7-8H2,1-2H3,(H3,23,25,26,27,28,29)/b16-13-,22-6?/t10-,32?/m1/s1. The molecule has 1 aliphatic carbocycles. The highest BCUT2D eigenvalue weighted by molar-refractivity contribution is 7.96. The van der Waals surface area contributed by atoms with Gasteiger partial charge in [-0.05, 0) is 31.7 Å². The minimum atomic E-state index is -4.71. The lowest BCUT2D eigenvalue weighted by atomic mass is 10.1. The van der Waals surface area contributed by atoms with Gasteiger partial charge in [0.1, 0.15) is 23.3 Å². The van der Waals surface area contributed by atoms with Gasteiger partial charge in [0.05, 0.1) is 5.69 Å². The maximum atomic E-state index is 13.4. The number of carbonyl (C=O) groups excluding carboxylic acids is 1. The van der Waals surface area contributed by atoms with Gasteiger partial charge in [-0.1, -0.05) is 0 Å². The number of ether oxygens (including phenoxy) is 2. The van der Waals surface area contributed by atoms with Gasteiger partial charge in [0.25, 0.3) is 0 Å². The number of allylic oxidation sites excluding steroid dienone is 1. The molecule has 1 aromatic heterocycles. The minimum Gasteiger partial charge on any atom is -0.475 e. The highest BCUT2D eigenvalue weighted by Crippen LogP contribution is 2.38. The first-order valence-corrected chi connectivity index (χ1v) is 11.2. The van der Waals surface area contributed by atoms with E-state index in [1.807, 2.05) is 0 Å². The monoisotopic (exact) mass is 476 g/mol. The molecule has 2 atom stereocenters. The Morgan fingerprint density at radius 1 is 1.47 bits per heavy atom. The average molecular weight is 476 g/mol. The van der Waals surface area contributed by atoms with E-state index in [1.54, 1.807) is 0 Å². The number of amides is 2. The maximum Gasteiger partial charge on any atom is 0.433 e. The van der Waals surface area contributed by atoms with Gasteiger partial charge in [-0.2, -0.15) is 13.2 Å². The van der Waals surface area contributed by atoms with E-state index in [0.717, 1.165) is 0 Å². The van der Waals surface area contributed by atoms with E-state index in [0.29, 0.717) is 31.0 Å². The van der Waals surface area contributed by atoms with Crippen LogP contribution in [-0.2, 0) is 38.4 Å². The third kappa shape index (κ3) is 4.86. The van der Waals surface area contributed by atoms with Crippen molar-refractivity contribution < 1.29 is 31.6 Å². The number of pyridine rings is 1. The number of aromatic nitrogens is 1. The molecule has 0 spiro atoms. The summed E-state index contributed by atoms with van der Waals surface area (Å²) in [4.78, 5) is 15.9.